The molecule has 0 spiro atoms. The maximum Gasteiger partial charge on any atom is 0.261 e. The van der Waals surface area contributed by atoms with Gasteiger partial charge in [-0.2, -0.15) is 8.42 Å². The summed E-state index contributed by atoms with van der Waals surface area (Å²) in [6.45, 7) is -0.153. The molecule has 0 fully saturated rings. The van der Waals surface area contributed by atoms with Crippen LogP contribution in [0.2, 0.25) is 0 Å². The van der Waals surface area contributed by atoms with Gasteiger partial charge in [0.1, 0.15) is 6.61 Å². The molecule has 0 aromatic rings. The van der Waals surface area contributed by atoms with Crippen LogP contribution in [0, 0.1) is 12.3 Å². The minimum atomic E-state index is -3.67. The van der Waals surface area contributed by atoms with Crippen molar-refractivity contribution in [1.29, 1.82) is 0 Å². The van der Waals surface area contributed by atoms with Gasteiger partial charge in [0.25, 0.3) is 10.1 Å². The van der Waals surface area contributed by atoms with Crippen LogP contribution in [-0.4, -0.2) is 30.9 Å². The highest BCUT2D eigenvalue weighted by molar-refractivity contribution is 7.85. The smallest absolute Gasteiger partial charge is 0.261 e. The summed E-state index contributed by atoms with van der Waals surface area (Å²) in [5.74, 6) is 1.99. The zero-order chi connectivity index (χ0) is 7.91. The third-order valence-corrected chi connectivity index (χ3v) is 0.0913. The molecule has 0 aliphatic rings. The van der Waals surface area contributed by atoms with Gasteiger partial charge in [0.15, 0.2) is 0 Å². The molecule has 0 heterocycles. The van der Waals surface area contributed by atoms with E-state index in [1.54, 1.807) is 0 Å². The second kappa shape index (κ2) is 5.56. The highest BCUT2D eigenvalue weighted by Crippen LogP contribution is 1.60. The standard InChI is InChI=1S/C3H4O.CH4O3S/c1-2-3-4;1-5(2,3)4/h1,4H,3H2;1H3,(H,2,3,4). The Bertz CT molecular complexity index is 165. The number of hydrogen-bond donors (Lipinski definition) is 2. The van der Waals surface area contributed by atoms with Crippen LogP contribution in [0.5, 0.6) is 0 Å². The van der Waals surface area contributed by atoms with Crippen LogP contribution in [0.25, 0.3) is 0 Å². The van der Waals surface area contributed by atoms with Crippen LogP contribution in [0.4, 0.5) is 0 Å². The molecule has 4 nitrogen and oxygen atoms in total. The normalized spacial score (nSPS) is 8.67. The van der Waals surface area contributed by atoms with Gasteiger partial charge in [-0.25, -0.2) is 0 Å². The van der Waals surface area contributed by atoms with Crippen LogP contribution >= 0.6 is 0 Å². The van der Waals surface area contributed by atoms with Crippen molar-refractivity contribution in [1.82, 2.24) is 0 Å². The molecule has 5 heteroatoms. The maximum absolute atomic E-state index is 9.19. The lowest BCUT2D eigenvalue weighted by Gasteiger charge is -1.69. The van der Waals surface area contributed by atoms with E-state index in [-0.39, 0.29) is 6.61 Å². The summed E-state index contributed by atoms with van der Waals surface area (Å²) >= 11 is 0. The molecule has 0 saturated heterocycles. The lowest BCUT2D eigenvalue weighted by atomic mass is 10.8. The summed E-state index contributed by atoms with van der Waals surface area (Å²) in [5, 5.41) is 7.64. The lowest BCUT2D eigenvalue weighted by Crippen LogP contribution is -1.88. The number of hydrogen-bond acceptors (Lipinski definition) is 3. The molecule has 0 radical (unpaired) electrons. The van der Waals surface area contributed by atoms with Gasteiger partial charge in [0.2, 0.25) is 0 Å². The van der Waals surface area contributed by atoms with Gasteiger partial charge in [0, 0.05) is 0 Å². The molecule has 0 amide bonds. The second-order valence-corrected chi connectivity index (χ2v) is 2.56. The Morgan fingerprint density at radius 2 is 1.78 bits per heavy atom. The van der Waals surface area contributed by atoms with E-state index in [9.17, 15) is 8.42 Å². The summed E-state index contributed by atoms with van der Waals surface area (Å²) in [4.78, 5) is 0. The summed E-state index contributed by atoms with van der Waals surface area (Å²) < 4.78 is 25.9. The van der Waals surface area contributed by atoms with Crippen LogP contribution in [-0.2, 0) is 10.1 Å². The second-order valence-electron chi connectivity index (χ2n) is 1.10. The SMILES string of the molecule is C#CCO.CS(=O)(=O)O. The Balaban J connectivity index is 0. The van der Waals surface area contributed by atoms with E-state index < -0.39 is 10.1 Å². The van der Waals surface area contributed by atoms with E-state index >= 15 is 0 Å². The average Bonchev–Trinajstić information content (AvgIpc) is 1.61. The fourth-order valence-corrected chi connectivity index (χ4v) is 0. The van der Waals surface area contributed by atoms with Gasteiger partial charge in [-0.3, -0.25) is 4.55 Å². The summed E-state index contributed by atoms with van der Waals surface area (Å²) in [7, 11) is -3.67. The molecule has 2 N–H and O–H groups in total. The first-order chi connectivity index (χ1) is 3.91. The summed E-state index contributed by atoms with van der Waals surface area (Å²) in [6.07, 6.45) is 5.24. The minimum Gasteiger partial charge on any atom is -0.384 e. The zero-order valence-electron chi connectivity index (χ0n) is 4.90. The highest BCUT2D eigenvalue weighted by atomic mass is 32.2. The molecule has 0 aromatic carbocycles. The molecular formula is C4H8O4S. The molecule has 0 rings (SSSR count). The van der Waals surface area contributed by atoms with Crippen molar-refractivity contribution in [2.75, 3.05) is 12.9 Å². The predicted octanol–water partition coefficient (Wildman–Crippen LogP) is -0.884. The Morgan fingerprint density at radius 1 is 1.67 bits per heavy atom. The minimum absolute atomic E-state index is 0.153. The first-order valence-electron chi connectivity index (χ1n) is 1.88. The van der Waals surface area contributed by atoms with Crippen molar-refractivity contribution in [2.45, 2.75) is 0 Å². The van der Waals surface area contributed by atoms with E-state index in [0.29, 0.717) is 6.26 Å². The third-order valence-electron chi connectivity index (χ3n) is 0.0913. The van der Waals surface area contributed by atoms with Crippen LogP contribution in [0.15, 0.2) is 0 Å². The first-order valence-corrected chi connectivity index (χ1v) is 3.73. The number of aliphatic hydroxyl groups excluding tert-OH is 1. The molecule has 0 bridgehead atoms. The van der Waals surface area contributed by atoms with Gasteiger partial charge in [-0.1, -0.05) is 5.92 Å². The molecule has 0 aromatic heterocycles. The lowest BCUT2D eigenvalue weighted by molar-refractivity contribution is 0.351. The molecular weight excluding hydrogens is 144 g/mol. The van der Waals surface area contributed by atoms with Gasteiger partial charge >= 0.3 is 0 Å². The van der Waals surface area contributed by atoms with Gasteiger partial charge < -0.3 is 5.11 Å². The summed E-state index contributed by atoms with van der Waals surface area (Å²) in [6, 6.07) is 0. The largest absolute Gasteiger partial charge is 0.384 e. The van der Waals surface area contributed by atoms with Crippen molar-refractivity contribution in [2.24, 2.45) is 0 Å². The topological polar surface area (TPSA) is 74.6 Å². The van der Waals surface area contributed by atoms with Gasteiger partial charge in [-0.05, 0) is 0 Å². The van der Waals surface area contributed by atoms with Crippen molar-refractivity contribution in [3.63, 3.8) is 0 Å². The fraction of sp³-hybridized carbons (Fsp3) is 0.500. The van der Waals surface area contributed by atoms with E-state index in [4.69, 9.17) is 9.66 Å². The van der Waals surface area contributed by atoms with E-state index in [1.165, 1.54) is 0 Å². The number of aliphatic hydroxyl groups is 1. The molecule has 0 saturated carbocycles. The van der Waals surface area contributed by atoms with E-state index in [0.717, 1.165) is 0 Å². The van der Waals surface area contributed by atoms with Gasteiger partial charge in [0.05, 0.1) is 6.26 Å². The Kier molecular flexibility index (Phi) is 6.96. The van der Waals surface area contributed by atoms with Crippen LogP contribution in [0.3, 0.4) is 0 Å². The molecule has 9 heavy (non-hydrogen) atoms. The number of terminal acetylenes is 1. The number of rotatable bonds is 0. The van der Waals surface area contributed by atoms with Crippen molar-refractivity contribution in [3.8, 4) is 12.3 Å². The molecule has 0 unspecified atom stereocenters. The van der Waals surface area contributed by atoms with Crippen molar-refractivity contribution >= 4 is 10.1 Å². The highest BCUT2D eigenvalue weighted by Gasteiger charge is 1.81. The molecule has 0 atom stereocenters. The van der Waals surface area contributed by atoms with Crippen LogP contribution < -0.4 is 0 Å². The van der Waals surface area contributed by atoms with Crippen molar-refractivity contribution in [3.05, 3.63) is 0 Å². The Hall–Kier alpha value is -0.570. The quantitative estimate of drug-likeness (QED) is 0.349. The Labute approximate surface area is 54.3 Å². The third kappa shape index (κ3) is 1180. The molecule has 54 valence electrons. The molecule has 0 aliphatic carbocycles. The van der Waals surface area contributed by atoms with Gasteiger partial charge in [-0.15, -0.1) is 6.42 Å². The predicted molar refractivity (Wildman–Crippen MR) is 33.4 cm³/mol. The monoisotopic (exact) mass is 152 g/mol. The first kappa shape index (κ1) is 11.3. The van der Waals surface area contributed by atoms with Crippen molar-refractivity contribution < 1.29 is 18.1 Å². The zero-order valence-corrected chi connectivity index (χ0v) is 5.72. The van der Waals surface area contributed by atoms with E-state index in [1.807, 2.05) is 5.92 Å². The Morgan fingerprint density at radius 3 is 1.78 bits per heavy atom. The summed E-state index contributed by atoms with van der Waals surface area (Å²) in [5.41, 5.74) is 0. The fourth-order valence-electron chi connectivity index (χ4n) is 0. The van der Waals surface area contributed by atoms with Crippen LogP contribution in [0.1, 0.15) is 0 Å². The van der Waals surface area contributed by atoms with E-state index in [2.05, 4.69) is 6.42 Å². The molecule has 0 aliphatic heterocycles. The maximum atomic E-state index is 9.19. The average molecular weight is 152 g/mol.